The van der Waals surface area contributed by atoms with Gasteiger partial charge in [-0.2, -0.15) is 11.8 Å². The summed E-state index contributed by atoms with van der Waals surface area (Å²) in [6.07, 6.45) is 5.41. The van der Waals surface area contributed by atoms with Crippen molar-refractivity contribution >= 4 is 29.7 Å². The van der Waals surface area contributed by atoms with Crippen molar-refractivity contribution in [2.75, 3.05) is 12.0 Å². The molecule has 114 valence electrons. The van der Waals surface area contributed by atoms with Gasteiger partial charge in [-0.3, -0.25) is 4.79 Å². The molecular formula is C16H21NO3S. The number of aryl methyl sites for hydroxylation is 2. The predicted molar refractivity (Wildman–Crippen MR) is 87.5 cm³/mol. The normalized spacial score (nSPS) is 12.3. The number of hydrogen-bond donors (Lipinski definition) is 2. The average Bonchev–Trinajstić information content (AvgIpc) is 2.42. The molecule has 1 atom stereocenters. The van der Waals surface area contributed by atoms with Crippen molar-refractivity contribution in [3.63, 3.8) is 0 Å². The monoisotopic (exact) mass is 307 g/mol. The topological polar surface area (TPSA) is 66.4 Å². The number of carbonyl (C=O) groups is 2. The third-order valence-electron chi connectivity index (χ3n) is 3.06. The molecule has 0 aliphatic carbocycles. The first-order valence-corrected chi connectivity index (χ1v) is 8.11. The molecule has 1 rings (SSSR count). The Bertz CT molecular complexity index is 540. The van der Waals surface area contributed by atoms with Crippen LogP contribution in [0.3, 0.4) is 0 Å². The zero-order chi connectivity index (χ0) is 15.8. The van der Waals surface area contributed by atoms with Crippen molar-refractivity contribution in [3.05, 3.63) is 41.0 Å². The molecule has 1 aromatic carbocycles. The molecular weight excluding hydrogens is 286 g/mol. The number of thioether (sulfide) groups is 1. The second kappa shape index (κ2) is 8.52. The maximum absolute atomic E-state index is 11.8. The summed E-state index contributed by atoms with van der Waals surface area (Å²) < 4.78 is 0. The zero-order valence-corrected chi connectivity index (χ0v) is 13.4. The van der Waals surface area contributed by atoms with Crippen molar-refractivity contribution in [2.24, 2.45) is 0 Å². The lowest BCUT2D eigenvalue weighted by molar-refractivity contribution is -0.141. The number of nitrogens with one attached hydrogen (secondary N) is 1. The quantitative estimate of drug-likeness (QED) is 0.760. The predicted octanol–water partition coefficient (Wildman–Crippen LogP) is 2.64. The van der Waals surface area contributed by atoms with Gasteiger partial charge in [0, 0.05) is 6.08 Å². The Kier molecular flexibility index (Phi) is 7.02. The highest BCUT2D eigenvalue weighted by molar-refractivity contribution is 7.98. The van der Waals surface area contributed by atoms with E-state index in [1.165, 1.54) is 6.08 Å². The third-order valence-corrected chi connectivity index (χ3v) is 3.71. The summed E-state index contributed by atoms with van der Waals surface area (Å²) in [7, 11) is 0. The molecule has 4 nitrogen and oxygen atoms in total. The molecule has 1 aromatic rings. The number of carboxylic acids is 1. The molecule has 0 aliphatic heterocycles. The Morgan fingerprint density at radius 1 is 1.38 bits per heavy atom. The first kappa shape index (κ1) is 17.3. The third kappa shape index (κ3) is 6.04. The van der Waals surface area contributed by atoms with Gasteiger partial charge in [0.2, 0.25) is 5.91 Å². The maximum atomic E-state index is 11.8. The van der Waals surface area contributed by atoms with E-state index in [1.54, 1.807) is 17.8 Å². The second-order valence-electron chi connectivity index (χ2n) is 4.87. The van der Waals surface area contributed by atoms with Gasteiger partial charge in [0.1, 0.15) is 6.04 Å². The van der Waals surface area contributed by atoms with Gasteiger partial charge >= 0.3 is 5.97 Å². The lowest BCUT2D eigenvalue weighted by Gasteiger charge is -2.12. The van der Waals surface area contributed by atoms with Crippen LogP contribution in [-0.4, -0.2) is 35.0 Å². The fourth-order valence-electron chi connectivity index (χ4n) is 1.89. The van der Waals surface area contributed by atoms with Crippen LogP contribution in [0.4, 0.5) is 0 Å². The largest absolute Gasteiger partial charge is 0.480 e. The van der Waals surface area contributed by atoms with Crippen LogP contribution in [0.2, 0.25) is 0 Å². The highest BCUT2D eigenvalue weighted by Gasteiger charge is 2.17. The molecule has 21 heavy (non-hydrogen) atoms. The van der Waals surface area contributed by atoms with Gasteiger partial charge in [0.05, 0.1) is 0 Å². The summed E-state index contributed by atoms with van der Waals surface area (Å²) in [5.41, 5.74) is 3.19. The Hall–Kier alpha value is -1.75. The molecule has 0 unspecified atom stereocenters. The van der Waals surface area contributed by atoms with Gasteiger partial charge in [-0.1, -0.05) is 23.8 Å². The second-order valence-corrected chi connectivity index (χ2v) is 5.86. The number of hydrogen-bond acceptors (Lipinski definition) is 3. The molecule has 0 fully saturated rings. The Morgan fingerprint density at radius 2 is 2.10 bits per heavy atom. The standard InChI is InChI=1S/C16H21NO3S/c1-11-4-5-13(12(2)10-11)6-7-15(18)17-14(16(19)20)8-9-21-3/h4-7,10,14H,8-9H2,1-3H3,(H,17,18)(H,19,20)/b7-6+/t14-/m1/s1. The average molecular weight is 307 g/mol. The van der Waals surface area contributed by atoms with Gasteiger partial charge in [0.25, 0.3) is 0 Å². The molecule has 0 heterocycles. The molecule has 1 amide bonds. The molecule has 0 saturated heterocycles. The lowest BCUT2D eigenvalue weighted by Crippen LogP contribution is -2.40. The van der Waals surface area contributed by atoms with Crippen LogP contribution in [-0.2, 0) is 9.59 Å². The number of rotatable bonds is 7. The van der Waals surface area contributed by atoms with Crippen molar-refractivity contribution in [1.82, 2.24) is 5.32 Å². The smallest absolute Gasteiger partial charge is 0.326 e. The maximum Gasteiger partial charge on any atom is 0.326 e. The van der Waals surface area contributed by atoms with E-state index >= 15 is 0 Å². The number of carbonyl (C=O) groups excluding carboxylic acids is 1. The zero-order valence-electron chi connectivity index (χ0n) is 12.6. The van der Waals surface area contributed by atoms with Crippen molar-refractivity contribution in [2.45, 2.75) is 26.3 Å². The number of carboxylic acid groups (broad SMARTS) is 1. The van der Waals surface area contributed by atoms with E-state index in [2.05, 4.69) is 5.32 Å². The van der Waals surface area contributed by atoms with Gasteiger partial charge < -0.3 is 10.4 Å². The highest BCUT2D eigenvalue weighted by Crippen LogP contribution is 2.12. The van der Waals surface area contributed by atoms with E-state index in [0.717, 1.165) is 16.7 Å². The van der Waals surface area contributed by atoms with Gasteiger partial charge in [-0.05, 0) is 49.5 Å². The summed E-state index contributed by atoms with van der Waals surface area (Å²) >= 11 is 1.56. The Labute approximate surface area is 129 Å². The Morgan fingerprint density at radius 3 is 2.67 bits per heavy atom. The van der Waals surface area contributed by atoms with E-state index in [9.17, 15) is 9.59 Å². The van der Waals surface area contributed by atoms with E-state index in [4.69, 9.17) is 5.11 Å². The molecule has 0 bridgehead atoms. The van der Waals surface area contributed by atoms with E-state index < -0.39 is 12.0 Å². The van der Waals surface area contributed by atoms with Crippen molar-refractivity contribution < 1.29 is 14.7 Å². The number of benzene rings is 1. The van der Waals surface area contributed by atoms with Crippen LogP contribution >= 0.6 is 11.8 Å². The minimum absolute atomic E-state index is 0.386. The number of amides is 1. The molecule has 0 saturated carbocycles. The molecule has 5 heteroatoms. The van der Waals surface area contributed by atoms with Crippen LogP contribution in [0.25, 0.3) is 6.08 Å². The van der Waals surface area contributed by atoms with Crippen LogP contribution in [0.15, 0.2) is 24.3 Å². The summed E-state index contributed by atoms with van der Waals surface area (Å²) in [5, 5.41) is 11.6. The molecule has 0 aliphatic rings. The first-order chi connectivity index (χ1) is 9.93. The SMILES string of the molecule is CSCC[C@@H](NC(=O)/C=C/c1ccc(C)cc1C)C(=O)O. The first-order valence-electron chi connectivity index (χ1n) is 6.71. The lowest BCUT2D eigenvalue weighted by atomic mass is 10.1. The van der Waals surface area contributed by atoms with Crippen LogP contribution in [0.1, 0.15) is 23.1 Å². The molecule has 0 aromatic heterocycles. The van der Waals surface area contributed by atoms with Crippen molar-refractivity contribution in [3.8, 4) is 0 Å². The minimum atomic E-state index is -1.00. The molecule has 0 radical (unpaired) electrons. The van der Waals surface area contributed by atoms with Crippen LogP contribution in [0.5, 0.6) is 0 Å². The van der Waals surface area contributed by atoms with Crippen LogP contribution in [0, 0.1) is 13.8 Å². The van der Waals surface area contributed by atoms with Gasteiger partial charge in [-0.25, -0.2) is 4.79 Å². The highest BCUT2D eigenvalue weighted by atomic mass is 32.2. The van der Waals surface area contributed by atoms with Gasteiger partial charge in [0.15, 0.2) is 0 Å². The van der Waals surface area contributed by atoms with Crippen LogP contribution < -0.4 is 5.32 Å². The minimum Gasteiger partial charge on any atom is -0.480 e. The summed E-state index contributed by atoms with van der Waals surface area (Å²) in [5.74, 6) is -0.696. The fourth-order valence-corrected chi connectivity index (χ4v) is 2.36. The van der Waals surface area contributed by atoms with E-state index in [-0.39, 0.29) is 5.91 Å². The molecule has 2 N–H and O–H groups in total. The van der Waals surface area contributed by atoms with E-state index in [1.807, 2.05) is 38.3 Å². The summed E-state index contributed by atoms with van der Waals surface area (Å²) in [4.78, 5) is 22.9. The summed E-state index contributed by atoms with van der Waals surface area (Å²) in [6, 6.07) is 5.12. The molecule has 0 spiro atoms. The van der Waals surface area contributed by atoms with Crippen molar-refractivity contribution in [1.29, 1.82) is 0 Å². The fraction of sp³-hybridized carbons (Fsp3) is 0.375. The van der Waals surface area contributed by atoms with Gasteiger partial charge in [-0.15, -0.1) is 0 Å². The van der Waals surface area contributed by atoms with E-state index in [0.29, 0.717) is 12.2 Å². The number of aliphatic carboxylic acids is 1. The summed E-state index contributed by atoms with van der Waals surface area (Å²) in [6.45, 7) is 3.99. The Balaban J connectivity index is 2.66.